The van der Waals surface area contributed by atoms with E-state index in [0.29, 0.717) is 41.7 Å². The van der Waals surface area contributed by atoms with E-state index in [0.717, 1.165) is 10.7 Å². The number of aliphatic hydroxyl groups is 1. The third-order valence-electron chi connectivity index (χ3n) is 5.05. The first-order chi connectivity index (χ1) is 15.7. The van der Waals surface area contributed by atoms with Crippen LogP contribution >= 0.6 is 11.6 Å². The van der Waals surface area contributed by atoms with Gasteiger partial charge >= 0.3 is 12.2 Å². The summed E-state index contributed by atoms with van der Waals surface area (Å²) in [6.07, 6.45) is -2.88. The first-order valence-corrected chi connectivity index (χ1v) is 10.4. The Labute approximate surface area is 192 Å². The molecule has 174 valence electrons. The highest BCUT2D eigenvalue weighted by Crippen LogP contribution is 2.30. The monoisotopic (exact) mass is 480 g/mol. The number of halogens is 4. The van der Waals surface area contributed by atoms with Gasteiger partial charge in [0.2, 0.25) is 0 Å². The summed E-state index contributed by atoms with van der Waals surface area (Å²) in [5.41, 5.74) is -0.204. The zero-order valence-corrected chi connectivity index (χ0v) is 17.9. The molecule has 4 rings (SSSR count). The van der Waals surface area contributed by atoms with E-state index in [9.17, 15) is 23.1 Å². The molecule has 3 heterocycles. The van der Waals surface area contributed by atoms with Gasteiger partial charge in [-0.1, -0.05) is 17.7 Å². The normalized spacial score (nSPS) is 16.2. The largest absolute Gasteiger partial charge is 0.435 e. The topological polar surface area (TPSA) is 95.3 Å². The lowest BCUT2D eigenvalue weighted by Gasteiger charge is -2.16. The highest BCUT2D eigenvalue weighted by atomic mass is 35.5. The number of anilines is 2. The van der Waals surface area contributed by atoms with Crippen molar-refractivity contribution >= 4 is 29.1 Å². The molecule has 8 nitrogen and oxygen atoms in total. The summed E-state index contributed by atoms with van der Waals surface area (Å²) in [6.45, 7) is 0.987. The lowest BCUT2D eigenvalue weighted by atomic mass is 10.3. The van der Waals surface area contributed by atoms with Gasteiger partial charge in [0, 0.05) is 18.1 Å². The summed E-state index contributed by atoms with van der Waals surface area (Å²) < 4.78 is 40.7. The molecule has 0 saturated carbocycles. The van der Waals surface area contributed by atoms with Crippen molar-refractivity contribution in [3.8, 4) is 5.69 Å². The van der Waals surface area contributed by atoms with Crippen LogP contribution in [0.25, 0.3) is 5.69 Å². The Morgan fingerprint density at radius 3 is 2.70 bits per heavy atom. The van der Waals surface area contributed by atoms with E-state index in [1.807, 2.05) is 4.90 Å². The zero-order valence-electron chi connectivity index (χ0n) is 17.2. The zero-order chi connectivity index (χ0) is 23.6. The van der Waals surface area contributed by atoms with E-state index in [-0.39, 0.29) is 18.3 Å². The third-order valence-corrected chi connectivity index (χ3v) is 5.28. The van der Waals surface area contributed by atoms with Gasteiger partial charge in [-0.3, -0.25) is 0 Å². The van der Waals surface area contributed by atoms with Crippen molar-refractivity contribution in [1.29, 1.82) is 0 Å². The summed E-state index contributed by atoms with van der Waals surface area (Å²) in [5, 5.41) is 18.7. The van der Waals surface area contributed by atoms with Gasteiger partial charge < -0.3 is 20.6 Å². The molecule has 0 bridgehead atoms. The molecule has 0 spiro atoms. The Balaban J connectivity index is 1.43. The molecule has 0 radical (unpaired) electrons. The fraction of sp³-hybridized carbons (Fsp3) is 0.286. The minimum absolute atomic E-state index is 0.126. The fourth-order valence-corrected chi connectivity index (χ4v) is 3.64. The number of aromatic nitrogens is 3. The van der Waals surface area contributed by atoms with Crippen LogP contribution in [0.2, 0.25) is 5.02 Å². The van der Waals surface area contributed by atoms with E-state index < -0.39 is 17.9 Å². The van der Waals surface area contributed by atoms with Gasteiger partial charge in [0.15, 0.2) is 5.69 Å². The Bertz CT molecular complexity index is 1140. The number of hydrogen-bond donors (Lipinski definition) is 3. The number of alkyl halides is 3. The van der Waals surface area contributed by atoms with Gasteiger partial charge in [0.05, 0.1) is 35.9 Å². The Hall–Kier alpha value is -3.31. The van der Waals surface area contributed by atoms with Crippen LogP contribution < -0.4 is 15.5 Å². The predicted molar refractivity (Wildman–Crippen MR) is 117 cm³/mol. The second-order valence-electron chi connectivity index (χ2n) is 7.51. The van der Waals surface area contributed by atoms with Gasteiger partial charge in [-0.15, -0.1) is 0 Å². The quantitative estimate of drug-likeness (QED) is 0.516. The van der Waals surface area contributed by atoms with Gasteiger partial charge in [-0.25, -0.2) is 14.5 Å². The van der Waals surface area contributed by atoms with Crippen LogP contribution in [0.1, 0.15) is 17.8 Å². The van der Waals surface area contributed by atoms with Crippen LogP contribution in [0.3, 0.4) is 0 Å². The number of carbonyl (C=O) groups excluding carboxylic acids is 1. The summed E-state index contributed by atoms with van der Waals surface area (Å²) in [6, 6.07) is 9.87. The molecule has 2 aromatic heterocycles. The predicted octanol–water partition coefficient (Wildman–Crippen LogP) is 3.83. The number of nitrogens with zero attached hydrogens (tertiary/aromatic N) is 4. The summed E-state index contributed by atoms with van der Waals surface area (Å²) in [7, 11) is 0. The number of rotatable bonds is 5. The van der Waals surface area contributed by atoms with Gasteiger partial charge in [0.25, 0.3) is 0 Å². The van der Waals surface area contributed by atoms with E-state index in [4.69, 9.17) is 11.6 Å². The summed E-state index contributed by atoms with van der Waals surface area (Å²) >= 11 is 5.96. The number of aliphatic hydroxyl groups excluding tert-OH is 1. The van der Waals surface area contributed by atoms with Crippen LogP contribution in [-0.4, -0.2) is 45.1 Å². The first kappa shape index (κ1) is 22.9. The molecule has 0 aliphatic carbocycles. The molecule has 12 heteroatoms. The maximum atomic E-state index is 13.2. The Morgan fingerprint density at radius 1 is 1.24 bits per heavy atom. The smallest absolute Gasteiger partial charge is 0.391 e. The van der Waals surface area contributed by atoms with Crippen LogP contribution in [0.15, 0.2) is 48.7 Å². The Kier molecular flexibility index (Phi) is 6.43. The molecule has 2 amide bonds. The second kappa shape index (κ2) is 9.28. The molecule has 3 aromatic rings. The minimum atomic E-state index is -4.64. The minimum Gasteiger partial charge on any atom is -0.391 e. The van der Waals surface area contributed by atoms with E-state index in [2.05, 4.69) is 20.7 Å². The number of hydrogen-bond acceptors (Lipinski definition) is 5. The van der Waals surface area contributed by atoms with Crippen LogP contribution in [0.4, 0.5) is 29.5 Å². The average molecular weight is 481 g/mol. The number of carbonyl (C=O) groups is 1. The molecule has 33 heavy (non-hydrogen) atoms. The Morgan fingerprint density at radius 2 is 2.06 bits per heavy atom. The number of β-amino-alcohol motifs (C(OH)–C–C–N with tert-alkyl or cyclic N) is 1. The van der Waals surface area contributed by atoms with Crippen molar-refractivity contribution in [2.75, 3.05) is 23.3 Å². The molecule has 3 N–H and O–H groups in total. The lowest BCUT2D eigenvalue weighted by Crippen LogP contribution is -2.29. The van der Waals surface area contributed by atoms with Gasteiger partial charge in [-0.05, 0) is 42.8 Å². The van der Waals surface area contributed by atoms with Crippen molar-refractivity contribution in [3.05, 3.63) is 65.1 Å². The summed E-state index contributed by atoms with van der Waals surface area (Å²) in [4.78, 5) is 18.5. The number of pyridine rings is 1. The maximum Gasteiger partial charge on any atom is 0.435 e. The SMILES string of the molecule is O=C(NCc1cc(C(F)(F)F)nn1-c1cccc(Cl)c1)Nc1ccc(N2CCC(O)C2)nc1. The molecule has 1 aliphatic heterocycles. The highest BCUT2D eigenvalue weighted by Gasteiger charge is 2.35. The highest BCUT2D eigenvalue weighted by molar-refractivity contribution is 6.30. The molecular formula is C21H20ClF3N6O2. The molecule has 1 unspecified atom stereocenters. The first-order valence-electron chi connectivity index (χ1n) is 10.0. The molecule has 1 fully saturated rings. The number of benzene rings is 1. The maximum absolute atomic E-state index is 13.2. The van der Waals surface area contributed by atoms with E-state index in [1.165, 1.54) is 12.3 Å². The molecular weight excluding hydrogens is 461 g/mol. The molecule has 1 atom stereocenters. The van der Waals surface area contributed by atoms with Crippen LogP contribution in [-0.2, 0) is 12.7 Å². The number of urea groups is 1. The number of amides is 2. The van der Waals surface area contributed by atoms with Crippen molar-refractivity contribution in [2.24, 2.45) is 0 Å². The molecule has 1 aromatic carbocycles. The average Bonchev–Trinajstić information content (AvgIpc) is 3.39. The van der Waals surface area contributed by atoms with E-state index >= 15 is 0 Å². The fourth-order valence-electron chi connectivity index (χ4n) is 3.46. The van der Waals surface area contributed by atoms with Gasteiger partial charge in [0.1, 0.15) is 5.82 Å². The van der Waals surface area contributed by atoms with Gasteiger partial charge in [-0.2, -0.15) is 18.3 Å². The molecule has 1 aliphatic rings. The second-order valence-corrected chi connectivity index (χ2v) is 7.95. The van der Waals surface area contributed by atoms with Crippen molar-refractivity contribution in [2.45, 2.75) is 25.2 Å². The molecule has 1 saturated heterocycles. The number of nitrogens with one attached hydrogen (secondary N) is 2. The van der Waals surface area contributed by atoms with Crippen molar-refractivity contribution in [3.63, 3.8) is 0 Å². The van der Waals surface area contributed by atoms with Crippen LogP contribution in [0.5, 0.6) is 0 Å². The summed E-state index contributed by atoms with van der Waals surface area (Å²) in [5.74, 6) is 0.683. The van der Waals surface area contributed by atoms with Crippen molar-refractivity contribution in [1.82, 2.24) is 20.1 Å². The van der Waals surface area contributed by atoms with Crippen LogP contribution in [0, 0.1) is 0 Å². The van der Waals surface area contributed by atoms with Crippen molar-refractivity contribution < 1.29 is 23.1 Å². The van der Waals surface area contributed by atoms with E-state index in [1.54, 1.807) is 30.3 Å². The lowest BCUT2D eigenvalue weighted by molar-refractivity contribution is -0.141. The third kappa shape index (κ3) is 5.55. The standard InChI is InChI=1S/C21H20ClF3N6O2/c22-13-2-1-3-15(8-13)31-16(9-18(29-31)21(23,24)25)11-27-20(33)28-14-4-5-19(26-10-14)30-7-6-17(32)12-30/h1-5,8-10,17,32H,6-7,11-12H2,(H2,27,28,33).